The minimum absolute atomic E-state index is 0.0635. The van der Waals surface area contributed by atoms with Crippen molar-refractivity contribution < 1.29 is 27.4 Å². The van der Waals surface area contributed by atoms with Gasteiger partial charge >= 0.3 is 12.2 Å². The van der Waals surface area contributed by atoms with Gasteiger partial charge in [-0.05, 0) is 59.5 Å². The van der Waals surface area contributed by atoms with Gasteiger partial charge in [0.05, 0.1) is 12.7 Å². The number of H-pyrrole nitrogens is 1. The van der Waals surface area contributed by atoms with Gasteiger partial charge in [0, 0.05) is 35.9 Å². The summed E-state index contributed by atoms with van der Waals surface area (Å²) >= 11 is 0. The van der Waals surface area contributed by atoms with E-state index in [1.54, 1.807) is 18.1 Å². The van der Waals surface area contributed by atoms with Gasteiger partial charge in [-0.15, -0.1) is 0 Å². The van der Waals surface area contributed by atoms with E-state index < -0.39 is 17.8 Å². The lowest BCUT2D eigenvalue weighted by Gasteiger charge is -2.24. The zero-order chi connectivity index (χ0) is 29.5. The van der Waals surface area contributed by atoms with E-state index in [-0.39, 0.29) is 12.2 Å². The Bertz CT molecular complexity index is 1650. The van der Waals surface area contributed by atoms with Crippen LogP contribution in [0.15, 0.2) is 103 Å². The second-order valence-corrected chi connectivity index (χ2v) is 9.80. The van der Waals surface area contributed by atoms with Gasteiger partial charge in [-0.3, -0.25) is 0 Å². The van der Waals surface area contributed by atoms with E-state index in [4.69, 9.17) is 9.47 Å². The van der Waals surface area contributed by atoms with Gasteiger partial charge in [-0.1, -0.05) is 60.7 Å². The predicted molar refractivity (Wildman–Crippen MR) is 157 cm³/mol. The number of aromatic amines is 1. The van der Waals surface area contributed by atoms with E-state index in [1.807, 2.05) is 72.9 Å². The van der Waals surface area contributed by atoms with Crippen molar-refractivity contribution in [3.05, 3.63) is 126 Å². The number of amides is 2. The number of nitrogens with zero attached hydrogens (tertiary/aromatic N) is 1. The molecule has 1 heterocycles. The molecule has 5 aromatic rings. The molecule has 1 aromatic heterocycles. The molecule has 2 N–H and O–H groups in total. The highest BCUT2D eigenvalue weighted by Crippen LogP contribution is 2.32. The first-order valence-electron chi connectivity index (χ1n) is 13.4. The average Bonchev–Trinajstić information content (AvgIpc) is 3.41. The van der Waals surface area contributed by atoms with Crippen molar-refractivity contribution in [2.45, 2.75) is 25.7 Å². The Kier molecular flexibility index (Phi) is 8.66. The van der Waals surface area contributed by atoms with Crippen LogP contribution in [0.5, 0.6) is 11.5 Å². The Balaban J connectivity index is 1.38. The van der Waals surface area contributed by atoms with Crippen LogP contribution >= 0.6 is 0 Å². The number of fused-ring (bicyclic) bond motifs is 1. The van der Waals surface area contributed by atoms with Crippen LogP contribution in [0, 0.1) is 0 Å². The molecule has 0 saturated heterocycles. The molecule has 0 atom stereocenters. The monoisotopic (exact) mass is 573 g/mol. The summed E-state index contributed by atoms with van der Waals surface area (Å²) in [4.78, 5) is 18.3. The molecule has 5 rings (SSSR count). The molecule has 0 aliphatic carbocycles. The van der Waals surface area contributed by atoms with Gasteiger partial charge in [0.15, 0.2) is 11.5 Å². The van der Waals surface area contributed by atoms with Crippen molar-refractivity contribution in [1.82, 2.24) is 9.88 Å². The van der Waals surface area contributed by atoms with Crippen LogP contribution in [-0.2, 0) is 25.7 Å². The maximum atomic E-state index is 13.5. The van der Waals surface area contributed by atoms with Gasteiger partial charge in [-0.25, -0.2) is 4.79 Å². The van der Waals surface area contributed by atoms with E-state index in [9.17, 15) is 18.0 Å². The summed E-state index contributed by atoms with van der Waals surface area (Å²) in [6, 6.07) is 27.1. The van der Waals surface area contributed by atoms with Crippen LogP contribution in [0.25, 0.3) is 10.9 Å². The number of hydrogen-bond donors (Lipinski definition) is 2. The molecule has 0 aliphatic heterocycles. The molecule has 2 amide bonds. The summed E-state index contributed by atoms with van der Waals surface area (Å²) in [5, 5.41) is 3.70. The van der Waals surface area contributed by atoms with E-state index in [0.717, 1.165) is 39.7 Å². The smallest absolute Gasteiger partial charge is 0.416 e. The quantitative estimate of drug-likeness (QED) is 0.178. The second kappa shape index (κ2) is 12.7. The van der Waals surface area contributed by atoms with Gasteiger partial charge in [-0.2, -0.15) is 13.2 Å². The number of benzene rings is 4. The number of hydrogen-bond acceptors (Lipinski definition) is 3. The Hall–Kier alpha value is -4.92. The van der Waals surface area contributed by atoms with E-state index in [0.29, 0.717) is 31.1 Å². The number of methoxy groups -OCH3 is 1. The first-order chi connectivity index (χ1) is 20.3. The van der Waals surface area contributed by atoms with Crippen molar-refractivity contribution in [2.24, 2.45) is 0 Å². The number of halogens is 3. The van der Waals surface area contributed by atoms with E-state index in [2.05, 4.69) is 10.3 Å². The van der Waals surface area contributed by atoms with Crippen LogP contribution < -0.4 is 14.8 Å². The van der Waals surface area contributed by atoms with Crippen LogP contribution in [0.1, 0.15) is 22.3 Å². The minimum Gasteiger partial charge on any atom is -0.493 e. The van der Waals surface area contributed by atoms with Crippen LogP contribution in [0.2, 0.25) is 0 Å². The Morgan fingerprint density at radius 3 is 2.45 bits per heavy atom. The number of para-hydroxylation sites is 1. The number of rotatable bonds is 10. The lowest BCUT2D eigenvalue weighted by molar-refractivity contribution is -0.137. The molecule has 216 valence electrons. The highest BCUT2D eigenvalue weighted by atomic mass is 19.4. The van der Waals surface area contributed by atoms with Crippen molar-refractivity contribution in [3.63, 3.8) is 0 Å². The van der Waals surface area contributed by atoms with Gasteiger partial charge in [0.25, 0.3) is 0 Å². The third-order valence-electron chi connectivity index (χ3n) is 6.89. The standard InChI is InChI=1S/C33H30F3N3O3/c1-41-30-15-14-24(18-31(30)42-22-23-8-3-2-4-9-23)21-39(17-16-25-20-37-29-13-6-5-12-28(25)29)32(40)38-27-11-7-10-26(19-27)33(34,35)36/h2-15,18-20,37H,16-17,21-22H2,1H3,(H,38,40). The molecule has 0 bridgehead atoms. The molecular weight excluding hydrogens is 543 g/mol. The summed E-state index contributed by atoms with van der Waals surface area (Å²) < 4.78 is 51.4. The SMILES string of the molecule is COc1ccc(CN(CCc2c[nH]c3ccccc23)C(=O)Nc2cccc(C(F)(F)F)c2)cc1OCc1ccccc1. The Labute approximate surface area is 241 Å². The molecule has 42 heavy (non-hydrogen) atoms. The van der Waals surface area contributed by atoms with Crippen molar-refractivity contribution in [1.29, 1.82) is 0 Å². The zero-order valence-corrected chi connectivity index (χ0v) is 22.9. The Morgan fingerprint density at radius 1 is 0.881 bits per heavy atom. The fraction of sp³-hybridized carbons (Fsp3) is 0.182. The summed E-state index contributed by atoms with van der Waals surface area (Å²) in [6.45, 7) is 0.846. The lowest BCUT2D eigenvalue weighted by Crippen LogP contribution is -2.36. The molecule has 0 fully saturated rings. The zero-order valence-electron chi connectivity index (χ0n) is 22.9. The first-order valence-corrected chi connectivity index (χ1v) is 13.4. The molecule has 4 aromatic carbocycles. The molecule has 0 radical (unpaired) electrons. The van der Waals surface area contributed by atoms with Gasteiger partial charge in [0.2, 0.25) is 0 Å². The van der Waals surface area contributed by atoms with Crippen molar-refractivity contribution in [3.8, 4) is 11.5 Å². The average molecular weight is 574 g/mol. The van der Waals surface area contributed by atoms with E-state index >= 15 is 0 Å². The van der Waals surface area contributed by atoms with E-state index in [1.165, 1.54) is 12.1 Å². The molecule has 0 unspecified atom stereocenters. The molecule has 6 nitrogen and oxygen atoms in total. The van der Waals surface area contributed by atoms with Crippen LogP contribution in [0.3, 0.4) is 0 Å². The fourth-order valence-electron chi connectivity index (χ4n) is 4.71. The highest BCUT2D eigenvalue weighted by Gasteiger charge is 2.30. The molecule has 0 spiro atoms. The summed E-state index contributed by atoms with van der Waals surface area (Å²) in [5.41, 5.74) is 3.02. The topological polar surface area (TPSA) is 66.6 Å². The summed E-state index contributed by atoms with van der Waals surface area (Å²) in [7, 11) is 1.56. The third-order valence-corrected chi connectivity index (χ3v) is 6.89. The maximum Gasteiger partial charge on any atom is 0.416 e. The Morgan fingerprint density at radius 2 is 1.67 bits per heavy atom. The van der Waals surface area contributed by atoms with Crippen LogP contribution in [0.4, 0.5) is 23.7 Å². The number of ether oxygens (including phenoxy) is 2. The van der Waals surface area contributed by atoms with Crippen molar-refractivity contribution in [2.75, 3.05) is 19.0 Å². The third kappa shape index (κ3) is 7.04. The van der Waals surface area contributed by atoms with Gasteiger partial charge < -0.3 is 24.7 Å². The normalized spacial score (nSPS) is 11.3. The highest BCUT2D eigenvalue weighted by molar-refractivity contribution is 5.89. The second-order valence-electron chi connectivity index (χ2n) is 9.80. The van der Waals surface area contributed by atoms with Crippen LogP contribution in [-0.4, -0.2) is 29.6 Å². The lowest BCUT2D eigenvalue weighted by atomic mass is 10.1. The number of anilines is 1. The summed E-state index contributed by atoms with van der Waals surface area (Å²) in [6.07, 6.45) is -2.07. The summed E-state index contributed by atoms with van der Waals surface area (Å²) in [5.74, 6) is 1.07. The molecule has 9 heteroatoms. The number of carbonyl (C=O) groups excluding carboxylic acids is 1. The molecule has 0 saturated carbocycles. The number of alkyl halides is 3. The fourth-order valence-corrected chi connectivity index (χ4v) is 4.71. The largest absolute Gasteiger partial charge is 0.493 e. The van der Waals surface area contributed by atoms with Crippen molar-refractivity contribution >= 4 is 22.6 Å². The molecule has 0 aliphatic rings. The first kappa shape index (κ1) is 28.6. The minimum atomic E-state index is -4.52. The number of nitrogens with one attached hydrogen (secondary N) is 2. The molecular formula is C33H30F3N3O3. The number of urea groups is 1. The maximum absolute atomic E-state index is 13.5. The van der Waals surface area contributed by atoms with Gasteiger partial charge in [0.1, 0.15) is 6.61 Å². The predicted octanol–water partition coefficient (Wildman–Crippen LogP) is 8.05. The number of aromatic nitrogens is 1. The number of carbonyl (C=O) groups is 1.